The Morgan fingerprint density at radius 2 is 2.00 bits per heavy atom. The lowest BCUT2D eigenvalue weighted by Gasteiger charge is -2.04. The second-order valence-corrected chi connectivity index (χ2v) is 3.65. The fourth-order valence-electron chi connectivity index (χ4n) is 1.83. The summed E-state index contributed by atoms with van der Waals surface area (Å²) >= 11 is 0. The first-order chi connectivity index (χ1) is 7.86. The predicted molar refractivity (Wildman–Crippen MR) is 58.4 cm³/mol. The van der Waals surface area contributed by atoms with Crippen LogP contribution in [-0.2, 0) is 6.61 Å². The van der Waals surface area contributed by atoms with Crippen LogP contribution in [-0.4, -0.2) is 10.8 Å². The summed E-state index contributed by atoms with van der Waals surface area (Å²) in [5.41, 5.74) is 2.12. The molecule has 16 heavy (non-hydrogen) atoms. The largest absolute Gasteiger partial charge is 0.488 e. The second kappa shape index (κ2) is 3.45. The summed E-state index contributed by atoms with van der Waals surface area (Å²) in [5.74, 6) is 0.625. The number of ether oxygens (including phenoxy) is 1. The Morgan fingerprint density at radius 3 is 2.94 bits per heavy atom. The van der Waals surface area contributed by atoms with Crippen molar-refractivity contribution in [1.82, 2.24) is 4.98 Å². The molecule has 0 atom stereocenters. The van der Waals surface area contributed by atoms with Crippen molar-refractivity contribution in [3.8, 4) is 5.75 Å². The van der Waals surface area contributed by atoms with Gasteiger partial charge in [0, 0.05) is 23.5 Å². The summed E-state index contributed by atoms with van der Waals surface area (Å²) in [4.78, 5) is 16.2. The van der Waals surface area contributed by atoms with Gasteiger partial charge >= 0.3 is 0 Å². The van der Waals surface area contributed by atoms with Crippen molar-refractivity contribution in [2.24, 2.45) is 0 Å². The number of aromatic nitrogens is 1. The summed E-state index contributed by atoms with van der Waals surface area (Å²) in [6.07, 6.45) is 3.27. The average Bonchev–Trinajstić information content (AvgIpc) is 2.49. The third kappa shape index (κ3) is 1.29. The molecule has 0 bridgehead atoms. The van der Waals surface area contributed by atoms with E-state index in [0.29, 0.717) is 23.5 Å². The quantitative estimate of drug-likeness (QED) is 0.670. The number of fused-ring (bicyclic) bond motifs is 2. The molecule has 0 aliphatic carbocycles. The van der Waals surface area contributed by atoms with E-state index in [9.17, 15) is 4.79 Å². The first-order valence-electron chi connectivity index (χ1n) is 5.05. The molecule has 78 valence electrons. The molecule has 0 N–H and O–H groups in total. The van der Waals surface area contributed by atoms with Gasteiger partial charge in [-0.2, -0.15) is 0 Å². The molecule has 0 unspecified atom stereocenters. The number of benzene rings is 1. The van der Waals surface area contributed by atoms with Gasteiger partial charge in [0.1, 0.15) is 12.4 Å². The molecule has 0 saturated heterocycles. The van der Waals surface area contributed by atoms with E-state index in [1.165, 1.54) is 0 Å². The average molecular weight is 211 g/mol. The Hall–Kier alpha value is -2.16. The molecule has 2 heterocycles. The van der Waals surface area contributed by atoms with Gasteiger partial charge in [-0.15, -0.1) is 0 Å². The topological polar surface area (TPSA) is 39.2 Å². The van der Waals surface area contributed by atoms with Gasteiger partial charge in [0.05, 0.1) is 5.56 Å². The SMILES string of the molecule is O=C1c2cnccc2COc2ccccc21. The number of carbonyl (C=O) groups is 1. The first kappa shape index (κ1) is 9.09. The number of hydrogen-bond acceptors (Lipinski definition) is 3. The molecule has 3 heteroatoms. The number of pyridine rings is 1. The maximum absolute atomic E-state index is 12.2. The molecule has 0 radical (unpaired) electrons. The van der Waals surface area contributed by atoms with Crippen molar-refractivity contribution in [3.63, 3.8) is 0 Å². The van der Waals surface area contributed by atoms with Crippen molar-refractivity contribution >= 4 is 5.78 Å². The number of rotatable bonds is 0. The molecule has 0 fully saturated rings. The Morgan fingerprint density at radius 1 is 1.12 bits per heavy atom. The highest BCUT2D eigenvalue weighted by atomic mass is 16.5. The van der Waals surface area contributed by atoms with E-state index in [-0.39, 0.29) is 5.78 Å². The van der Waals surface area contributed by atoms with E-state index >= 15 is 0 Å². The number of hydrogen-bond donors (Lipinski definition) is 0. The predicted octanol–water partition coefficient (Wildman–Crippen LogP) is 2.21. The molecule has 1 aliphatic rings. The molecule has 1 aromatic heterocycles. The highest BCUT2D eigenvalue weighted by Gasteiger charge is 2.21. The van der Waals surface area contributed by atoms with Crippen LogP contribution in [0.2, 0.25) is 0 Å². The van der Waals surface area contributed by atoms with Crippen LogP contribution in [0.25, 0.3) is 0 Å². The van der Waals surface area contributed by atoms with Crippen LogP contribution in [0.1, 0.15) is 21.5 Å². The molecule has 2 aromatic rings. The third-order valence-corrected chi connectivity index (χ3v) is 2.67. The minimum absolute atomic E-state index is 0.0174. The zero-order valence-electron chi connectivity index (χ0n) is 8.51. The molecule has 0 amide bonds. The Labute approximate surface area is 92.7 Å². The number of nitrogens with zero attached hydrogens (tertiary/aromatic N) is 1. The van der Waals surface area contributed by atoms with Crippen molar-refractivity contribution < 1.29 is 9.53 Å². The summed E-state index contributed by atoms with van der Waals surface area (Å²) in [5, 5.41) is 0. The van der Waals surface area contributed by atoms with E-state index in [0.717, 1.165) is 5.56 Å². The van der Waals surface area contributed by atoms with Crippen molar-refractivity contribution in [2.45, 2.75) is 6.61 Å². The normalized spacial score (nSPS) is 13.4. The zero-order chi connectivity index (χ0) is 11.0. The van der Waals surface area contributed by atoms with Crippen LogP contribution in [0.4, 0.5) is 0 Å². The highest BCUT2D eigenvalue weighted by Crippen LogP contribution is 2.27. The lowest BCUT2D eigenvalue weighted by atomic mass is 10.0. The van der Waals surface area contributed by atoms with Crippen molar-refractivity contribution in [2.75, 3.05) is 0 Å². The van der Waals surface area contributed by atoms with Crippen LogP contribution in [0.15, 0.2) is 42.7 Å². The maximum Gasteiger partial charge on any atom is 0.198 e. The van der Waals surface area contributed by atoms with E-state index < -0.39 is 0 Å². The van der Waals surface area contributed by atoms with Crippen LogP contribution < -0.4 is 4.74 Å². The summed E-state index contributed by atoms with van der Waals surface area (Å²) in [6.45, 7) is 0.417. The van der Waals surface area contributed by atoms with E-state index in [4.69, 9.17) is 4.74 Å². The molecule has 0 spiro atoms. The van der Waals surface area contributed by atoms with Gasteiger partial charge in [0.15, 0.2) is 5.78 Å². The van der Waals surface area contributed by atoms with Gasteiger partial charge in [0.2, 0.25) is 0 Å². The van der Waals surface area contributed by atoms with Crippen LogP contribution >= 0.6 is 0 Å². The van der Waals surface area contributed by atoms with Gasteiger partial charge in [-0.25, -0.2) is 0 Å². The molecule has 3 nitrogen and oxygen atoms in total. The molecular weight excluding hydrogens is 202 g/mol. The van der Waals surface area contributed by atoms with Gasteiger partial charge in [0.25, 0.3) is 0 Å². The van der Waals surface area contributed by atoms with Crippen molar-refractivity contribution in [1.29, 1.82) is 0 Å². The fourth-order valence-corrected chi connectivity index (χ4v) is 1.83. The zero-order valence-corrected chi connectivity index (χ0v) is 8.51. The monoisotopic (exact) mass is 211 g/mol. The molecule has 1 aliphatic heterocycles. The second-order valence-electron chi connectivity index (χ2n) is 3.65. The Bertz CT molecular complexity index is 514. The standard InChI is InChI=1S/C13H9NO2/c15-13-10-3-1-2-4-12(10)16-8-9-5-6-14-7-11(9)13/h1-7H,8H2. The van der Waals surface area contributed by atoms with Gasteiger partial charge in [-0.3, -0.25) is 9.78 Å². The third-order valence-electron chi connectivity index (χ3n) is 2.67. The summed E-state index contributed by atoms with van der Waals surface area (Å²) in [6, 6.07) is 9.10. The first-order valence-corrected chi connectivity index (χ1v) is 5.05. The van der Waals surface area contributed by atoms with Gasteiger partial charge < -0.3 is 4.74 Å². The maximum atomic E-state index is 12.2. The van der Waals surface area contributed by atoms with E-state index in [2.05, 4.69) is 4.98 Å². The van der Waals surface area contributed by atoms with Crippen LogP contribution in [0.3, 0.4) is 0 Å². The van der Waals surface area contributed by atoms with E-state index in [1.807, 2.05) is 24.3 Å². The molecule has 3 rings (SSSR count). The minimum atomic E-state index is -0.0174. The van der Waals surface area contributed by atoms with Crippen molar-refractivity contribution in [3.05, 3.63) is 59.4 Å². The molecule has 1 aromatic carbocycles. The lowest BCUT2D eigenvalue weighted by molar-refractivity contribution is 0.103. The Balaban J connectivity index is 2.22. The molecular formula is C13H9NO2. The number of para-hydroxylation sites is 1. The van der Waals surface area contributed by atoms with Gasteiger partial charge in [-0.05, 0) is 18.2 Å². The fraction of sp³-hybridized carbons (Fsp3) is 0.0769. The summed E-state index contributed by atoms with van der Waals surface area (Å²) < 4.78 is 5.60. The number of ketones is 1. The smallest absolute Gasteiger partial charge is 0.198 e. The van der Waals surface area contributed by atoms with Crippen LogP contribution in [0, 0.1) is 0 Å². The molecule has 0 saturated carbocycles. The minimum Gasteiger partial charge on any atom is -0.488 e. The number of carbonyl (C=O) groups excluding carboxylic acids is 1. The van der Waals surface area contributed by atoms with E-state index in [1.54, 1.807) is 18.5 Å². The Kier molecular flexibility index (Phi) is 1.96. The lowest BCUT2D eigenvalue weighted by Crippen LogP contribution is -2.03. The highest BCUT2D eigenvalue weighted by molar-refractivity contribution is 6.11. The van der Waals surface area contributed by atoms with Crippen LogP contribution in [0.5, 0.6) is 5.75 Å². The van der Waals surface area contributed by atoms with Gasteiger partial charge in [-0.1, -0.05) is 12.1 Å². The summed E-state index contributed by atoms with van der Waals surface area (Å²) in [7, 11) is 0.